The largest absolute Gasteiger partial charge is 0.471 e. The standard InChI is InChI=1S/C29H36F2N6O6S/c30-28(31)11-5-1-2-6-20(32)26(39)37-16-18(43-24-15-33-21-7-3-4-8-22(21)34-24)12-23(37)25(38)35-29(14-17(29)13-28)27(40)36-44(41,42)19-9-10-19/h3-4,7-8,15,17-20,23H,1-2,5-6,9-14,16,32H2,(H,35,38)(H,36,40). The van der Waals surface area contributed by atoms with Crippen molar-refractivity contribution >= 4 is 38.8 Å². The van der Waals surface area contributed by atoms with Crippen LogP contribution >= 0.6 is 0 Å². The summed E-state index contributed by atoms with van der Waals surface area (Å²) in [6, 6.07) is 5.10. The molecule has 3 heterocycles. The average Bonchev–Trinajstić information content (AvgIpc) is 3.89. The maximum atomic E-state index is 15.0. The number of fused-ring (bicyclic) bond motifs is 3. The number of ether oxygens (including phenoxy) is 1. The van der Waals surface area contributed by atoms with E-state index in [2.05, 4.69) is 15.3 Å². The normalized spacial score (nSPS) is 31.2. The van der Waals surface area contributed by atoms with Crippen molar-refractivity contribution in [3.63, 3.8) is 0 Å². The molecule has 2 saturated carbocycles. The Labute approximate surface area is 253 Å². The van der Waals surface area contributed by atoms with E-state index in [0.717, 1.165) is 0 Å². The van der Waals surface area contributed by atoms with Crippen LogP contribution in [0.3, 0.4) is 0 Å². The number of carbonyl (C=O) groups is 3. The van der Waals surface area contributed by atoms with Crippen LogP contribution in [0.5, 0.6) is 5.88 Å². The molecule has 1 aromatic carbocycles. The minimum Gasteiger partial charge on any atom is -0.471 e. The maximum absolute atomic E-state index is 15.0. The van der Waals surface area contributed by atoms with Crippen molar-refractivity contribution in [2.75, 3.05) is 6.54 Å². The van der Waals surface area contributed by atoms with Crippen LogP contribution in [0, 0.1) is 5.92 Å². The number of nitrogens with two attached hydrogens (primary N) is 1. The summed E-state index contributed by atoms with van der Waals surface area (Å²) >= 11 is 0. The molecule has 0 radical (unpaired) electrons. The SMILES string of the molecule is NC1CCCCCC(F)(F)CC2CC2(C(=O)NS(=O)(=O)C2CC2)NC(=O)C2CC(Oc3cnc4ccccc4n3)CN2C1=O. The first-order chi connectivity index (χ1) is 20.9. The lowest BCUT2D eigenvalue weighted by Crippen LogP contribution is -2.58. The molecule has 2 aliphatic heterocycles. The molecule has 6 rings (SSSR count). The smallest absolute Gasteiger partial charge is 0.259 e. The lowest BCUT2D eigenvalue weighted by atomic mass is 10.0. The van der Waals surface area contributed by atoms with Crippen molar-refractivity contribution in [2.45, 2.75) is 99.1 Å². The maximum Gasteiger partial charge on any atom is 0.259 e. The number of halogens is 2. The van der Waals surface area contributed by atoms with Crippen LogP contribution in [-0.4, -0.2) is 82.5 Å². The van der Waals surface area contributed by atoms with Crippen molar-refractivity contribution in [3.05, 3.63) is 30.5 Å². The second kappa shape index (κ2) is 11.5. The van der Waals surface area contributed by atoms with E-state index in [1.54, 1.807) is 18.2 Å². The van der Waals surface area contributed by atoms with Gasteiger partial charge in [-0.3, -0.25) is 19.1 Å². The molecule has 2 aromatic rings. The fourth-order valence-electron chi connectivity index (χ4n) is 6.32. The highest BCUT2D eigenvalue weighted by Crippen LogP contribution is 2.51. The second-order valence-corrected chi connectivity index (χ2v) is 14.4. The van der Waals surface area contributed by atoms with Crippen molar-refractivity contribution in [1.29, 1.82) is 0 Å². The van der Waals surface area contributed by atoms with Crippen LogP contribution in [0.25, 0.3) is 11.0 Å². The predicted octanol–water partition coefficient (Wildman–Crippen LogP) is 1.78. The fourth-order valence-corrected chi connectivity index (χ4v) is 7.68. The Morgan fingerprint density at radius 1 is 1.09 bits per heavy atom. The van der Waals surface area contributed by atoms with E-state index in [1.165, 1.54) is 11.1 Å². The third-order valence-electron chi connectivity index (χ3n) is 9.04. The second-order valence-electron chi connectivity index (χ2n) is 12.5. The molecule has 2 saturated heterocycles. The van der Waals surface area contributed by atoms with Gasteiger partial charge < -0.3 is 20.7 Å². The quantitative estimate of drug-likeness (QED) is 0.443. The minimum absolute atomic E-state index is 0.00409. The first-order valence-corrected chi connectivity index (χ1v) is 16.6. The Balaban J connectivity index is 1.26. The van der Waals surface area contributed by atoms with Gasteiger partial charge >= 0.3 is 0 Å². The Morgan fingerprint density at radius 3 is 2.59 bits per heavy atom. The van der Waals surface area contributed by atoms with Gasteiger partial charge in [0.25, 0.3) is 5.91 Å². The molecular weight excluding hydrogens is 598 g/mol. The van der Waals surface area contributed by atoms with Crippen molar-refractivity contribution in [3.8, 4) is 5.88 Å². The summed E-state index contributed by atoms with van der Waals surface area (Å²) < 4.78 is 63.2. The molecule has 44 heavy (non-hydrogen) atoms. The van der Waals surface area contributed by atoms with Crippen LogP contribution < -0.4 is 20.5 Å². The van der Waals surface area contributed by atoms with Crippen LogP contribution in [-0.2, 0) is 24.4 Å². The summed E-state index contributed by atoms with van der Waals surface area (Å²) in [4.78, 5) is 50.8. The van der Waals surface area contributed by atoms with Gasteiger partial charge in [-0.2, -0.15) is 0 Å². The van der Waals surface area contributed by atoms with E-state index in [9.17, 15) is 31.6 Å². The number of nitrogens with one attached hydrogen (secondary N) is 2. The van der Waals surface area contributed by atoms with E-state index in [0.29, 0.717) is 36.7 Å². The topological polar surface area (TPSA) is 174 Å². The summed E-state index contributed by atoms with van der Waals surface area (Å²) in [5.41, 5.74) is 5.64. The van der Waals surface area contributed by atoms with Crippen molar-refractivity contribution in [2.24, 2.45) is 11.7 Å². The zero-order valence-corrected chi connectivity index (χ0v) is 24.9. The Kier molecular flexibility index (Phi) is 7.97. The first-order valence-electron chi connectivity index (χ1n) is 15.1. The van der Waals surface area contributed by atoms with E-state index < -0.39 is 81.4 Å². The average molecular weight is 635 g/mol. The third kappa shape index (κ3) is 6.34. The number of hydrogen-bond donors (Lipinski definition) is 3. The molecule has 0 spiro atoms. The number of carbonyl (C=O) groups excluding carboxylic acids is 3. The predicted molar refractivity (Wildman–Crippen MR) is 154 cm³/mol. The summed E-state index contributed by atoms with van der Waals surface area (Å²) in [6.45, 7) is -0.00409. The molecule has 0 bridgehead atoms. The van der Waals surface area contributed by atoms with Gasteiger partial charge in [-0.05, 0) is 50.2 Å². The minimum atomic E-state index is -4.00. The van der Waals surface area contributed by atoms with Gasteiger partial charge in [-0.15, -0.1) is 0 Å². The fraction of sp³-hybridized carbons (Fsp3) is 0.621. The van der Waals surface area contributed by atoms with Gasteiger partial charge in [0.1, 0.15) is 17.7 Å². The summed E-state index contributed by atoms with van der Waals surface area (Å²) in [6.07, 6.45) is 1.64. The van der Waals surface area contributed by atoms with Crippen molar-refractivity contribution < 1.29 is 36.3 Å². The van der Waals surface area contributed by atoms with Gasteiger partial charge in [0.15, 0.2) is 0 Å². The number of nitrogens with zero attached hydrogens (tertiary/aromatic N) is 3. The van der Waals surface area contributed by atoms with Crippen LogP contribution in [0.2, 0.25) is 0 Å². The molecule has 1 aromatic heterocycles. The Bertz CT molecular complexity index is 1570. The van der Waals surface area contributed by atoms with E-state index in [1.807, 2.05) is 10.8 Å². The molecule has 238 valence electrons. The molecule has 2 aliphatic carbocycles. The van der Waals surface area contributed by atoms with E-state index in [4.69, 9.17) is 10.5 Å². The number of sulfonamides is 1. The highest BCUT2D eigenvalue weighted by Gasteiger charge is 2.65. The monoisotopic (exact) mass is 634 g/mol. The van der Waals surface area contributed by atoms with E-state index in [-0.39, 0.29) is 38.1 Å². The zero-order valence-electron chi connectivity index (χ0n) is 24.1. The number of benzene rings is 1. The number of hydrogen-bond acceptors (Lipinski definition) is 9. The summed E-state index contributed by atoms with van der Waals surface area (Å²) in [5.74, 6) is -6.20. The summed E-state index contributed by atoms with van der Waals surface area (Å²) in [5, 5.41) is 1.88. The first kappa shape index (κ1) is 30.6. The molecular formula is C29H36F2N6O6S. The molecule has 15 heteroatoms. The Morgan fingerprint density at radius 2 is 1.84 bits per heavy atom. The van der Waals surface area contributed by atoms with Crippen LogP contribution in [0.4, 0.5) is 8.78 Å². The highest BCUT2D eigenvalue weighted by atomic mass is 32.2. The van der Waals surface area contributed by atoms with Gasteiger partial charge in [-0.1, -0.05) is 25.0 Å². The van der Waals surface area contributed by atoms with Gasteiger partial charge in [-0.25, -0.2) is 27.2 Å². The van der Waals surface area contributed by atoms with Crippen LogP contribution in [0.15, 0.2) is 30.5 Å². The number of amides is 3. The third-order valence-corrected chi connectivity index (χ3v) is 10.9. The number of aromatic nitrogens is 2. The molecule has 3 amide bonds. The molecule has 4 fully saturated rings. The van der Waals surface area contributed by atoms with Gasteiger partial charge in [0.05, 0.1) is 35.1 Å². The van der Waals surface area contributed by atoms with Crippen LogP contribution in [0.1, 0.15) is 64.2 Å². The lowest BCUT2D eigenvalue weighted by Gasteiger charge is -2.28. The zero-order chi connectivity index (χ0) is 31.3. The van der Waals surface area contributed by atoms with Gasteiger partial charge in [0, 0.05) is 19.3 Å². The molecule has 5 unspecified atom stereocenters. The molecule has 12 nitrogen and oxygen atoms in total. The lowest BCUT2D eigenvalue weighted by molar-refractivity contribution is -0.140. The number of para-hydroxylation sites is 2. The number of alkyl halides is 2. The summed E-state index contributed by atoms with van der Waals surface area (Å²) in [7, 11) is -4.00. The Hall–Kier alpha value is -3.46. The molecule has 5 atom stereocenters. The van der Waals surface area contributed by atoms with Crippen molar-refractivity contribution in [1.82, 2.24) is 24.9 Å². The van der Waals surface area contributed by atoms with Gasteiger partial charge in [0.2, 0.25) is 33.6 Å². The molecule has 4 N–H and O–H groups in total. The van der Waals surface area contributed by atoms with E-state index >= 15 is 0 Å². The number of rotatable bonds is 5. The molecule has 4 aliphatic rings. The highest BCUT2D eigenvalue weighted by molar-refractivity contribution is 7.91.